The van der Waals surface area contributed by atoms with E-state index in [-0.39, 0.29) is 12.1 Å². The normalized spacial score (nSPS) is 29.8. The van der Waals surface area contributed by atoms with Crippen LogP contribution in [-0.2, 0) is 0 Å². The lowest BCUT2D eigenvalue weighted by molar-refractivity contribution is 0.0294. The summed E-state index contributed by atoms with van der Waals surface area (Å²) in [5.74, 6) is 1.43. The highest BCUT2D eigenvalue weighted by Crippen LogP contribution is 2.41. The van der Waals surface area contributed by atoms with Crippen LogP contribution >= 0.6 is 0 Å². The minimum absolute atomic E-state index is 0.0400. The molecule has 3 aliphatic heterocycles. The number of H-pyrrole nitrogens is 1. The van der Waals surface area contributed by atoms with E-state index in [0.717, 1.165) is 36.3 Å². The summed E-state index contributed by atoms with van der Waals surface area (Å²) in [7, 11) is 0. The van der Waals surface area contributed by atoms with E-state index >= 15 is 0 Å². The summed E-state index contributed by atoms with van der Waals surface area (Å²) in [6, 6.07) is 6.36. The highest BCUT2D eigenvalue weighted by molar-refractivity contribution is 6.04. The third kappa shape index (κ3) is 2.34. The van der Waals surface area contributed by atoms with Gasteiger partial charge in [-0.2, -0.15) is 5.10 Å². The van der Waals surface area contributed by atoms with Crippen LogP contribution in [0.3, 0.4) is 0 Å². The number of amides is 1. The Morgan fingerprint density at radius 1 is 1.22 bits per heavy atom. The van der Waals surface area contributed by atoms with Crippen LogP contribution in [0.2, 0.25) is 0 Å². The van der Waals surface area contributed by atoms with Gasteiger partial charge in [-0.3, -0.25) is 14.8 Å². The molecule has 4 heterocycles. The van der Waals surface area contributed by atoms with Crippen molar-refractivity contribution in [3.8, 4) is 0 Å². The van der Waals surface area contributed by atoms with E-state index in [4.69, 9.17) is 0 Å². The smallest absolute Gasteiger partial charge is 0.273 e. The summed E-state index contributed by atoms with van der Waals surface area (Å²) in [6.45, 7) is 2.23. The van der Waals surface area contributed by atoms with Crippen molar-refractivity contribution in [3.63, 3.8) is 0 Å². The van der Waals surface area contributed by atoms with Gasteiger partial charge in [-0.1, -0.05) is 6.07 Å². The number of benzene rings is 1. The SMILES string of the molecule is O=C(NC1CC2CCN1CC2)c1n[nH]c2ccc(C3CC3)cc12. The van der Waals surface area contributed by atoms with E-state index in [0.29, 0.717) is 11.6 Å². The van der Waals surface area contributed by atoms with E-state index in [1.165, 1.54) is 31.2 Å². The van der Waals surface area contributed by atoms with Crippen molar-refractivity contribution in [2.75, 3.05) is 13.1 Å². The van der Waals surface area contributed by atoms with Crippen LogP contribution in [0.25, 0.3) is 10.9 Å². The Bertz CT molecular complexity index is 755. The van der Waals surface area contributed by atoms with Crippen molar-refractivity contribution in [1.82, 2.24) is 20.4 Å². The third-order valence-electron chi connectivity index (χ3n) is 5.79. The molecule has 1 aromatic carbocycles. The van der Waals surface area contributed by atoms with Gasteiger partial charge in [0.1, 0.15) is 0 Å². The second-order valence-electron chi connectivity index (χ2n) is 7.36. The molecule has 2 N–H and O–H groups in total. The summed E-state index contributed by atoms with van der Waals surface area (Å²) in [5.41, 5.74) is 2.84. The van der Waals surface area contributed by atoms with Crippen molar-refractivity contribution in [2.45, 2.75) is 44.2 Å². The predicted octanol–water partition coefficient (Wildman–Crippen LogP) is 2.61. The van der Waals surface area contributed by atoms with E-state index < -0.39 is 0 Å². The number of rotatable bonds is 3. The van der Waals surface area contributed by atoms with Gasteiger partial charge in [0.05, 0.1) is 11.7 Å². The molecular formula is C18H22N4O. The van der Waals surface area contributed by atoms with E-state index in [1.54, 1.807) is 0 Å². The molecule has 2 aromatic rings. The van der Waals surface area contributed by atoms with E-state index in [1.807, 2.05) is 0 Å². The van der Waals surface area contributed by atoms with Crippen LogP contribution in [0.4, 0.5) is 0 Å². The predicted molar refractivity (Wildman–Crippen MR) is 88.2 cm³/mol. The summed E-state index contributed by atoms with van der Waals surface area (Å²) >= 11 is 0. The molecule has 23 heavy (non-hydrogen) atoms. The van der Waals surface area contributed by atoms with Crippen LogP contribution in [0, 0.1) is 5.92 Å². The minimum atomic E-state index is -0.0400. The van der Waals surface area contributed by atoms with Crippen LogP contribution < -0.4 is 5.32 Å². The zero-order chi connectivity index (χ0) is 15.4. The average Bonchev–Trinajstić information content (AvgIpc) is 3.35. The molecule has 4 aliphatic rings. The Morgan fingerprint density at radius 3 is 2.74 bits per heavy atom. The number of nitrogens with zero attached hydrogens (tertiary/aromatic N) is 2. The second kappa shape index (κ2) is 5.06. The van der Waals surface area contributed by atoms with Gasteiger partial charge in [-0.25, -0.2) is 0 Å². The van der Waals surface area contributed by atoms with Crippen molar-refractivity contribution in [3.05, 3.63) is 29.5 Å². The molecule has 1 aromatic heterocycles. The second-order valence-corrected chi connectivity index (χ2v) is 7.36. The number of aromatic nitrogens is 2. The maximum atomic E-state index is 12.7. The first kappa shape index (κ1) is 13.5. The standard InChI is InChI=1S/C18H22N4O/c23-18(19-16-9-11-5-7-22(16)8-6-11)17-14-10-13(12-1-2-12)3-4-15(14)20-21-17/h3-4,10-12,16H,1-2,5-9H2,(H,19,23)(H,20,21). The fourth-order valence-corrected chi connectivity index (χ4v) is 4.21. The number of fused-ring (bicyclic) bond motifs is 4. The number of nitrogens with one attached hydrogen (secondary N) is 2. The molecule has 5 heteroatoms. The Morgan fingerprint density at radius 2 is 2.04 bits per heavy atom. The van der Waals surface area contributed by atoms with Gasteiger partial charge in [0.15, 0.2) is 5.69 Å². The molecular weight excluding hydrogens is 288 g/mol. The van der Waals surface area contributed by atoms with E-state index in [9.17, 15) is 4.79 Å². The number of carbonyl (C=O) groups excluding carboxylic acids is 1. The molecule has 1 aliphatic carbocycles. The zero-order valence-corrected chi connectivity index (χ0v) is 13.2. The number of hydrogen-bond acceptors (Lipinski definition) is 3. The molecule has 1 unspecified atom stereocenters. The van der Waals surface area contributed by atoms with Gasteiger partial charge >= 0.3 is 0 Å². The molecule has 1 amide bonds. The van der Waals surface area contributed by atoms with Crippen molar-refractivity contribution >= 4 is 16.8 Å². The number of piperidine rings is 3. The zero-order valence-electron chi connectivity index (χ0n) is 13.2. The summed E-state index contributed by atoms with van der Waals surface area (Å²) in [5, 5.41) is 11.5. The molecule has 3 saturated heterocycles. The lowest BCUT2D eigenvalue weighted by Gasteiger charge is -2.45. The molecule has 6 rings (SSSR count). The number of aromatic amines is 1. The van der Waals surface area contributed by atoms with Gasteiger partial charge in [0.2, 0.25) is 0 Å². The Balaban J connectivity index is 1.41. The highest BCUT2D eigenvalue weighted by atomic mass is 16.2. The van der Waals surface area contributed by atoms with Crippen molar-refractivity contribution in [1.29, 1.82) is 0 Å². The highest BCUT2D eigenvalue weighted by Gasteiger charge is 2.35. The number of hydrogen-bond donors (Lipinski definition) is 2. The molecule has 5 nitrogen and oxygen atoms in total. The van der Waals surface area contributed by atoms with Crippen LogP contribution in [-0.4, -0.2) is 40.3 Å². The Hall–Kier alpha value is -1.88. The first-order valence-corrected chi connectivity index (χ1v) is 8.81. The topological polar surface area (TPSA) is 61.0 Å². The fraction of sp³-hybridized carbons (Fsp3) is 0.556. The average molecular weight is 310 g/mol. The van der Waals surface area contributed by atoms with Gasteiger partial charge in [-0.15, -0.1) is 0 Å². The Labute approximate surface area is 135 Å². The third-order valence-corrected chi connectivity index (χ3v) is 5.79. The van der Waals surface area contributed by atoms with Crippen LogP contribution in [0.15, 0.2) is 18.2 Å². The quantitative estimate of drug-likeness (QED) is 0.916. The largest absolute Gasteiger partial charge is 0.335 e. The Kier molecular flexibility index (Phi) is 2.98. The van der Waals surface area contributed by atoms with Gasteiger partial charge in [0.25, 0.3) is 5.91 Å². The summed E-state index contributed by atoms with van der Waals surface area (Å²) in [6.07, 6.45) is 6.37. The maximum absolute atomic E-state index is 12.7. The van der Waals surface area contributed by atoms with Crippen LogP contribution in [0.5, 0.6) is 0 Å². The molecule has 0 radical (unpaired) electrons. The fourth-order valence-electron chi connectivity index (χ4n) is 4.21. The molecule has 1 atom stereocenters. The van der Waals surface area contributed by atoms with E-state index in [2.05, 4.69) is 38.6 Å². The number of carbonyl (C=O) groups is 1. The molecule has 120 valence electrons. The summed E-state index contributed by atoms with van der Waals surface area (Å²) < 4.78 is 0. The monoisotopic (exact) mass is 310 g/mol. The molecule has 4 fully saturated rings. The summed E-state index contributed by atoms with van der Waals surface area (Å²) in [4.78, 5) is 15.1. The van der Waals surface area contributed by atoms with Crippen LogP contribution in [0.1, 0.15) is 54.1 Å². The molecule has 0 spiro atoms. The van der Waals surface area contributed by atoms with Crippen molar-refractivity contribution < 1.29 is 4.79 Å². The maximum Gasteiger partial charge on any atom is 0.273 e. The lowest BCUT2D eigenvalue weighted by Crippen LogP contribution is -2.56. The van der Waals surface area contributed by atoms with Crippen molar-refractivity contribution in [2.24, 2.45) is 5.92 Å². The first-order chi connectivity index (χ1) is 11.3. The first-order valence-electron chi connectivity index (χ1n) is 8.81. The van der Waals surface area contributed by atoms with Gasteiger partial charge < -0.3 is 5.32 Å². The van der Waals surface area contributed by atoms with Gasteiger partial charge in [-0.05, 0) is 61.6 Å². The lowest BCUT2D eigenvalue weighted by atomic mass is 9.86. The molecule has 2 bridgehead atoms. The van der Waals surface area contributed by atoms with Gasteiger partial charge in [0, 0.05) is 18.5 Å². The minimum Gasteiger partial charge on any atom is -0.335 e. The molecule has 1 saturated carbocycles.